The summed E-state index contributed by atoms with van der Waals surface area (Å²) >= 11 is 0. The molecule has 1 amide bonds. The smallest absolute Gasteiger partial charge is 0.388 e. The lowest BCUT2D eigenvalue weighted by atomic mass is 9.96. The molecule has 128 valence electrons. The molecule has 1 aliphatic carbocycles. The molecule has 1 aromatic rings. The summed E-state index contributed by atoms with van der Waals surface area (Å²) in [5.41, 5.74) is -0.804. The van der Waals surface area contributed by atoms with E-state index in [0.717, 1.165) is 25.0 Å². The molecular formula is C17H22F3NO2. The normalized spacial score (nSPS) is 18.7. The molecular weight excluding hydrogens is 307 g/mol. The van der Waals surface area contributed by atoms with Crippen LogP contribution in [0.3, 0.4) is 0 Å². The Morgan fingerprint density at radius 2 is 1.83 bits per heavy atom. The Labute approximate surface area is 133 Å². The van der Waals surface area contributed by atoms with E-state index in [0.29, 0.717) is 18.4 Å². The van der Waals surface area contributed by atoms with Crippen molar-refractivity contribution in [2.24, 2.45) is 0 Å². The van der Waals surface area contributed by atoms with Crippen LogP contribution in [0.15, 0.2) is 24.3 Å². The largest absolute Gasteiger partial charge is 0.416 e. The molecule has 23 heavy (non-hydrogen) atoms. The van der Waals surface area contributed by atoms with E-state index in [9.17, 15) is 23.1 Å². The summed E-state index contributed by atoms with van der Waals surface area (Å²) in [6, 6.07) is 4.88. The zero-order chi connectivity index (χ0) is 17.1. The van der Waals surface area contributed by atoms with Crippen LogP contribution in [0, 0.1) is 0 Å². The van der Waals surface area contributed by atoms with Crippen LogP contribution in [0.5, 0.6) is 0 Å². The van der Waals surface area contributed by atoms with Crippen molar-refractivity contribution in [1.29, 1.82) is 0 Å². The van der Waals surface area contributed by atoms with Gasteiger partial charge in [-0.05, 0) is 36.5 Å². The Morgan fingerprint density at radius 3 is 2.35 bits per heavy atom. The summed E-state index contributed by atoms with van der Waals surface area (Å²) in [6.07, 6.45) is -0.844. The van der Waals surface area contributed by atoms with E-state index in [1.54, 1.807) is 6.92 Å². The van der Waals surface area contributed by atoms with Gasteiger partial charge in [0.15, 0.2) is 0 Å². The van der Waals surface area contributed by atoms with Crippen molar-refractivity contribution in [2.75, 3.05) is 6.54 Å². The maximum absolute atomic E-state index is 12.5. The van der Waals surface area contributed by atoms with Crippen LogP contribution < -0.4 is 5.32 Å². The highest BCUT2D eigenvalue weighted by Gasteiger charge is 2.32. The van der Waals surface area contributed by atoms with Gasteiger partial charge in [0.2, 0.25) is 5.91 Å². The van der Waals surface area contributed by atoms with Crippen LogP contribution in [0.25, 0.3) is 0 Å². The fourth-order valence-corrected chi connectivity index (χ4v) is 2.94. The number of carbonyl (C=O) groups excluding carboxylic acids is 1. The average Bonchev–Trinajstić information content (AvgIpc) is 2.92. The second kappa shape index (κ2) is 6.91. The van der Waals surface area contributed by atoms with Crippen LogP contribution in [-0.2, 0) is 11.0 Å². The standard InChI is InChI=1S/C17H22F3NO2/c1-12(13-4-6-14(7-5-13)17(18,19)20)10-15(22)21-11-16(23)8-2-3-9-16/h4-7,12,23H,2-3,8-11H2,1H3,(H,21,22). The Morgan fingerprint density at radius 1 is 1.26 bits per heavy atom. The summed E-state index contributed by atoms with van der Waals surface area (Å²) in [6.45, 7) is 2.04. The molecule has 0 saturated heterocycles. The summed E-state index contributed by atoms with van der Waals surface area (Å²) in [5.74, 6) is -0.381. The Kier molecular flexibility index (Phi) is 5.34. The molecule has 2 N–H and O–H groups in total. The Balaban J connectivity index is 1.85. The number of benzene rings is 1. The third kappa shape index (κ3) is 4.96. The van der Waals surface area contributed by atoms with Crippen LogP contribution in [-0.4, -0.2) is 23.2 Å². The van der Waals surface area contributed by atoms with E-state index in [4.69, 9.17) is 0 Å². The number of rotatable bonds is 5. The minimum atomic E-state index is -4.35. The van der Waals surface area contributed by atoms with Gasteiger partial charge in [0.05, 0.1) is 11.2 Å². The Bertz CT molecular complexity index is 534. The topological polar surface area (TPSA) is 49.3 Å². The number of carbonyl (C=O) groups is 1. The molecule has 0 heterocycles. The van der Waals surface area contributed by atoms with Gasteiger partial charge in [0, 0.05) is 13.0 Å². The maximum atomic E-state index is 12.5. The second-order valence-corrected chi connectivity index (χ2v) is 6.43. The number of hydrogen-bond donors (Lipinski definition) is 2. The van der Waals surface area contributed by atoms with Gasteiger partial charge < -0.3 is 10.4 Å². The second-order valence-electron chi connectivity index (χ2n) is 6.43. The Hall–Kier alpha value is -1.56. The number of aliphatic hydroxyl groups is 1. The molecule has 2 rings (SSSR count). The predicted molar refractivity (Wildman–Crippen MR) is 80.9 cm³/mol. The average molecular weight is 329 g/mol. The van der Waals surface area contributed by atoms with Crippen LogP contribution >= 0.6 is 0 Å². The van der Waals surface area contributed by atoms with E-state index >= 15 is 0 Å². The molecule has 1 saturated carbocycles. The first-order valence-corrected chi connectivity index (χ1v) is 7.86. The van der Waals surface area contributed by atoms with Gasteiger partial charge >= 0.3 is 6.18 Å². The SMILES string of the molecule is CC(CC(=O)NCC1(O)CCCC1)c1ccc(C(F)(F)F)cc1. The molecule has 6 heteroatoms. The van der Waals surface area contributed by atoms with Gasteiger partial charge in [-0.25, -0.2) is 0 Å². The molecule has 0 aliphatic heterocycles. The number of hydrogen-bond acceptors (Lipinski definition) is 2. The van der Waals surface area contributed by atoms with Crippen LogP contribution in [0.1, 0.15) is 56.1 Å². The highest BCUT2D eigenvalue weighted by molar-refractivity contribution is 5.76. The van der Waals surface area contributed by atoms with E-state index in [1.807, 2.05) is 0 Å². The molecule has 0 spiro atoms. The van der Waals surface area contributed by atoms with Crippen molar-refractivity contribution in [3.05, 3.63) is 35.4 Å². The molecule has 1 atom stereocenters. The molecule has 0 radical (unpaired) electrons. The minimum absolute atomic E-state index is 0.182. The summed E-state index contributed by atoms with van der Waals surface area (Å²) in [5, 5.41) is 12.9. The quantitative estimate of drug-likeness (QED) is 0.867. The van der Waals surface area contributed by atoms with Crippen molar-refractivity contribution in [1.82, 2.24) is 5.32 Å². The lowest BCUT2D eigenvalue weighted by molar-refractivity contribution is -0.137. The predicted octanol–water partition coefficient (Wildman–Crippen LogP) is 3.62. The number of amides is 1. The van der Waals surface area contributed by atoms with E-state index in [-0.39, 0.29) is 24.8 Å². The van der Waals surface area contributed by atoms with Gasteiger partial charge in [-0.3, -0.25) is 4.79 Å². The molecule has 0 bridgehead atoms. The lowest BCUT2D eigenvalue weighted by Gasteiger charge is -2.23. The van der Waals surface area contributed by atoms with Gasteiger partial charge in [0.25, 0.3) is 0 Å². The third-order valence-electron chi connectivity index (χ3n) is 4.45. The van der Waals surface area contributed by atoms with E-state index in [2.05, 4.69) is 5.32 Å². The fourth-order valence-electron chi connectivity index (χ4n) is 2.94. The van der Waals surface area contributed by atoms with Crippen molar-refractivity contribution in [3.63, 3.8) is 0 Å². The molecule has 1 fully saturated rings. The first kappa shape index (κ1) is 17.8. The van der Waals surface area contributed by atoms with Gasteiger partial charge in [-0.15, -0.1) is 0 Å². The fraction of sp³-hybridized carbons (Fsp3) is 0.588. The van der Waals surface area contributed by atoms with Crippen molar-refractivity contribution < 1.29 is 23.1 Å². The number of nitrogens with one attached hydrogen (secondary N) is 1. The highest BCUT2D eigenvalue weighted by Crippen LogP contribution is 2.31. The van der Waals surface area contributed by atoms with Crippen LogP contribution in [0.4, 0.5) is 13.2 Å². The first-order valence-electron chi connectivity index (χ1n) is 7.86. The van der Waals surface area contributed by atoms with Crippen molar-refractivity contribution >= 4 is 5.91 Å². The van der Waals surface area contributed by atoms with Crippen LogP contribution in [0.2, 0.25) is 0 Å². The lowest BCUT2D eigenvalue weighted by Crippen LogP contribution is -2.41. The molecule has 1 aliphatic rings. The van der Waals surface area contributed by atoms with Crippen molar-refractivity contribution in [3.8, 4) is 0 Å². The summed E-state index contributed by atoms with van der Waals surface area (Å²) in [7, 11) is 0. The van der Waals surface area contributed by atoms with Gasteiger partial charge in [-0.2, -0.15) is 13.2 Å². The zero-order valence-corrected chi connectivity index (χ0v) is 13.1. The molecule has 0 aromatic heterocycles. The van der Waals surface area contributed by atoms with E-state index < -0.39 is 17.3 Å². The van der Waals surface area contributed by atoms with Crippen molar-refractivity contribution in [2.45, 2.75) is 56.7 Å². The zero-order valence-electron chi connectivity index (χ0n) is 13.1. The monoisotopic (exact) mass is 329 g/mol. The number of alkyl halides is 3. The van der Waals surface area contributed by atoms with Gasteiger partial charge in [0.1, 0.15) is 0 Å². The summed E-state index contributed by atoms with van der Waals surface area (Å²) < 4.78 is 37.6. The molecule has 1 aromatic carbocycles. The summed E-state index contributed by atoms with van der Waals surface area (Å²) in [4.78, 5) is 11.9. The molecule has 1 unspecified atom stereocenters. The maximum Gasteiger partial charge on any atom is 0.416 e. The third-order valence-corrected chi connectivity index (χ3v) is 4.45. The number of halogens is 3. The highest BCUT2D eigenvalue weighted by atomic mass is 19.4. The van der Waals surface area contributed by atoms with E-state index in [1.165, 1.54) is 12.1 Å². The molecule has 3 nitrogen and oxygen atoms in total. The minimum Gasteiger partial charge on any atom is -0.388 e. The first-order chi connectivity index (χ1) is 10.7. The van der Waals surface area contributed by atoms with Gasteiger partial charge in [-0.1, -0.05) is 31.9 Å².